The first-order valence-electron chi connectivity index (χ1n) is 6.87. The molecule has 4 heteroatoms. The Kier molecular flexibility index (Phi) is 5.37. The Balaban J connectivity index is 1.95. The summed E-state index contributed by atoms with van der Waals surface area (Å²) >= 11 is 5.98. The minimum absolute atomic E-state index is 0.0225. The van der Waals surface area contributed by atoms with Gasteiger partial charge in [-0.2, -0.15) is 0 Å². The summed E-state index contributed by atoms with van der Waals surface area (Å²) in [5.41, 5.74) is 1.90. The van der Waals surface area contributed by atoms with Gasteiger partial charge < -0.3 is 5.32 Å². The second kappa shape index (κ2) is 7.25. The van der Waals surface area contributed by atoms with Crippen molar-refractivity contribution in [2.45, 2.75) is 19.5 Å². The van der Waals surface area contributed by atoms with Crippen LogP contribution in [0.25, 0.3) is 0 Å². The third-order valence-electron chi connectivity index (χ3n) is 3.40. The molecule has 0 aliphatic heterocycles. The molecule has 0 radical (unpaired) electrons. The van der Waals surface area contributed by atoms with Gasteiger partial charge in [-0.25, -0.2) is 0 Å². The molecule has 0 heterocycles. The summed E-state index contributed by atoms with van der Waals surface area (Å²) in [6.07, 6.45) is 0. The lowest BCUT2D eigenvalue weighted by molar-refractivity contribution is -0.120. The molecule has 110 valence electrons. The maximum atomic E-state index is 12.2. The normalized spacial score (nSPS) is 12.2. The van der Waals surface area contributed by atoms with Crippen molar-refractivity contribution >= 4 is 23.2 Å². The molecule has 0 fully saturated rings. The van der Waals surface area contributed by atoms with Crippen molar-refractivity contribution in [1.29, 1.82) is 0 Å². The second-order valence-electron chi connectivity index (χ2n) is 5.08. The highest BCUT2D eigenvalue weighted by Gasteiger charge is 2.18. The monoisotopic (exact) mass is 302 g/mol. The fourth-order valence-corrected chi connectivity index (χ4v) is 2.24. The van der Waals surface area contributed by atoms with Gasteiger partial charge in [0.25, 0.3) is 0 Å². The van der Waals surface area contributed by atoms with E-state index in [4.69, 9.17) is 11.6 Å². The molecule has 1 N–H and O–H groups in total. The third-order valence-corrected chi connectivity index (χ3v) is 3.64. The van der Waals surface area contributed by atoms with E-state index < -0.39 is 0 Å². The zero-order valence-corrected chi connectivity index (χ0v) is 13.0. The standard InChI is InChI=1S/C17H19ClN2O/c1-13(17(21)19-16-9-4-3-5-10-16)20(2)12-14-7-6-8-15(18)11-14/h3-11,13H,12H2,1-2H3,(H,19,21). The Morgan fingerprint density at radius 3 is 2.57 bits per heavy atom. The molecule has 1 amide bonds. The summed E-state index contributed by atoms with van der Waals surface area (Å²) in [5, 5.41) is 3.62. The molecule has 21 heavy (non-hydrogen) atoms. The van der Waals surface area contributed by atoms with E-state index in [9.17, 15) is 4.79 Å². The third kappa shape index (κ3) is 4.59. The van der Waals surface area contributed by atoms with Crippen molar-refractivity contribution in [3.8, 4) is 0 Å². The van der Waals surface area contributed by atoms with Gasteiger partial charge in [-0.15, -0.1) is 0 Å². The van der Waals surface area contributed by atoms with Crippen molar-refractivity contribution in [2.75, 3.05) is 12.4 Å². The van der Waals surface area contributed by atoms with Crippen LogP contribution in [0.1, 0.15) is 12.5 Å². The first kappa shape index (κ1) is 15.5. The number of halogens is 1. The second-order valence-corrected chi connectivity index (χ2v) is 5.51. The van der Waals surface area contributed by atoms with Gasteiger partial charge in [0.1, 0.15) is 0 Å². The summed E-state index contributed by atoms with van der Waals surface area (Å²) in [6, 6.07) is 16.9. The van der Waals surface area contributed by atoms with E-state index in [1.54, 1.807) is 0 Å². The number of likely N-dealkylation sites (N-methyl/N-ethyl adjacent to an activating group) is 1. The lowest BCUT2D eigenvalue weighted by Crippen LogP contribution is -2.39. The van der Waals surface area contributed by atoms with Crippen molar-refractivity contribution in [3.63, 3.8) is 0 Å². The van der Waals surface area contributed by atoms with Crippen LogP contribution in [0.3, 0.4) is 0 Å². The SMILES string of the molecule is CC(C(=O)Nc1ccccc1)N(C)Cc1cccc(Cl)c1. The van der Waals surface area contributed by atoms with E-state index in [1.807, 2.05) is 73.5 Å². The van der Waals surface area contributed by atoms with Gasteiger partial charge in [0, 0.05) is 17.3 Å². The first-order chi connectivity index (χ1) is 10.1. The maximum Gasteiger partial charge on any atom is 0.241 e. The lowest BCUT2D eigenvalue weighted by atomic mass is 10.2. The lowest BCUT2D eigenvalue weighted by Gasteiger charge is -2.24. The zero-order chi connectivity index (χ0) is 15.2. The van der Waals surface area contributed by atoms with E-state index in [0.717, 1.165) is 11.3 Å². The predicted molar refractivity (Wildman–Crippen MR) is 87.5 cm³/mol. The van der Waals surface area contributed by atoms with Crippen molar-refractivity contribution in [2.24, 2.45) is 0 Å². The Labute approximate surface area is 130 Å². The Morgan fingerprint density at radius 1 is 1.19 bits per heavy atom. The molecule has 0 spiro atoms. The molecular weight excluding hydrogens is 284 g/mol. The molecule has 3 nitrogen and oxygen atoms in total. The largest absolute Gasteiger partial charge is 0.325 e. The van der Waals surface area contributed by atoms with Gasteiger partial charge in [-0.05, 0) is 43.8 Å². The van der Waals surface area contributed by atoms with E-state index in [0.29, 0.717) is 11.6 Å². The summed E-state index contributed by atoms with van der Waals surface area (Å²) < 4.78 is 0. The van der Waals surface area contributed by atoms with Crippen LogP contribution in [0.5, 0.6) is 0 Å². The maximum absolute atomic E-state index is 12.2. The molecule has 0 aromatic heterocycles. The van der Waals surface area contributed by atoms with Crippen LogP contribution in [-0.4, -0.2) is 23.9 Å². The molecule has 0 aliphatic carbocycles. The number of rotatable bonds is 5. The first-order valence-corrected chi connectivity index (χ1v) is 7.24. The highest BCUT2D eigenvalue weighted by molar-refractivity contribution is 6.30. The summed E-state index contributed by atoms with van der Waals surface area (Å²) in [5.74, 6) is -0.0225. The van der Waals surface area contributed by atoms with Crippen LogP contribution in [0, 0.1) is 0 Å². The number of hydrogen-bond acceptors (Lipinski definition) is 2. The molecule has 1 atom stereocenters. The minimum atomic E-state index is -0.232. The minimum Gasteiger partial charge on any atom is -0.325 e. The topological polar surface area (TPSA) is 32.3 Å². The Morgan fingerprint density at radius 2 is 1.90 bits per heavy atom. The summed E-state index contributed by atoms with van der Waals surface area (Å²) in [4.78, 5) is 14.2. The average molecular weight is 303 g/mol. The molecule has 0 saturated heterocycles. The average Bonchev–Trinajstić information content (AvgIpc) is 2.47. The van der Waals surface area contributed by atoms with Crippen molar-refractivity contribution < 1.29 is 4.79 Å². The van der Waals surface area contributed by atoms with E-state index in [-0.39, 0.29) is 11.9 Å². The van der Waals surface area contributed by atoms with Crippen LogP contribution in [0.4, 0.5) is 5.69 Å². The highest BCUT2D eigenvalue weighted by Crippen LogP contribution is 2.14. The van der Waals surface area contributed by atoms with Gasteiger partial charge in [0.15, 0.2) is 0 Å². The zero-order valence-electron chi connectivity index (χ0n) is 12.2. The van der Waals surface area contributed by atoms with Crippen LogP contribution in [-0.2, 0) is 11.3 Å². The van der Waals surface area contributed by atoms with Gasteiger partial charge in [0.2, 0.25) is 5.91 Å². The molecule has 1 unspecified atom stereocenters. The van der Waals surface area contributed by atoms with Gasteiger partial charge in [0.05, 0.1) is 6.04 Å². The molecule has 0 saturated carbocycles. The van der Waals surface area contributed by atoms with Crippen molar-refractivity contribution in [3.05, 3.63) is 65.2 Å². The number of carbonyl (C=O) groups excluding carboxylic acids is 1. The number of nitrogens with zero attached hydrogens (tertiary/aromatic N) is 1. The Hall–Kier alpha value is -1.84. The number of benzene rings is 2. The van der Waals surface area contributed by atoms with Crippen molar-refractivity contribution in [1.82, 2.24) is 4.90 Å². The smallest absolute Gasteiger partial charge is 0.241 e. The number of carbonyl (C=O) groups is 1. The highest BCUT2D eigenvalue weighted by atomic mass is 35.5. The fraction of sp³-hybridized carbons (Fsp3) is 0.235. The van der Waals surface area contributed by atoms with Crippen LogP contribution < -0.4 is 5.32 Å². The van der Waals surface area contributed by atoms with E-state index in [2.05, 4.69) is 5.32 Å². The molecule has 2 aromatic carbocycles. The molecule has 2 rings (SSSR count). The van der Waals surface area contributed by atoms with Crippen LogP contribution in [0.15, 0.2) is 54.6 Å². The quantitative estimate of drug-likeness (QED) is 0.911. The van der Waals surface area contributed by atoms with E-state index >= 15 is 0 Å². The number of hydrogen-bond donors (Lipinski definition) is 1. The summed E-state index contributed by atoms with van der Waals surface area (Å²) in [7, 11) is 1.93. The summed E-state index contributed by atoms with van der Waals surface area (Å²) in [6.45, 7) is 2.56. The molecule has 0 bridgehead atoms. The molecular formula is C17H19ClN2O. The van der Waals surface area contributed by atoms with Gasteiger partial charge >= 0.3 is 0 Å². The van der Waals surface area contributed by atoms with Gasteiger partial charge in [-0.1, -0.05) is 41.9 Å². The number of amides is 1. The Bertz CT molecular complexity index is 601. The van der Waals surface area contributed by atoms with E-state index in [1.165, 1.54) is 0 Å². The van der Waals surface area contributed by atoms with Crippen LogP contribution >= 0.6 is 11.6 Å². The number of para-hydroxylation sites is 1. The number of nitrogens with one attached hydrogen (secondary N) is 1. The fourth-order valence-electron chi connectivity index (χ4n) is 2.03. The molecule has 0 aliphatic rings. The number of anilines is 1. The van der Waals surface area contributed by atoms with Gasteiger partial charge in [-0.3, -0.25) is 9.69 Å². The predicted octanol–water partition coefficient (Wildman–Crippen LogP) is 3.80. The molecule has 2 aromatic rings. The van der Waals surface area contributed by atoms with Crippen LogP contribution in [0.2, 0.25) is 5.02 Å².